The van der Waals surface area contributed by atoms with E-state index in [1.165, 1.54) is 23.5 Å². The lowest BCUT2D eigenvalue weighted by Crippen LogP contribution is -2.67. The molecule has 0 aliphatic carbocycles. The van der Waals surface area contributed by atoms with E-state index >= 15 is 8.78 Å². The van der Waals surface area contributed by atoms with Crippen LogP contribution in [0, 0.1) is 11.6 Å². The molecule has 4 aromatic carbocycles. The maximum Gasteiger partial charge on any atom is 0.319 e. The van der Waals surface area contributed by atoms with Crippen molar-refractivity contribution in [3.8, 4) is 23.0 Å². The molecule has 2 aromatic heterocycles. The number of hydrogen-bond acceptors (Lipinski definition) is 10. The number of benzene rings is 4. The van der Waals surface area contributed by atoms with Crippen molar-refractivity contribution in [2.45, 2.75) is 102 Å². The number of ether oxygens (including phenoxy) is 3. The number of aromatic nitrogens is 3. The van der Waals surface area contributed by atoms with Crippen molar-refractivity contribution in [1.82, 2.24) is 19.9 Å². The first-order valence-electron chi connectivity index (χ1n) is 23.1. The molecule has 10 nitrogen and oxygen atoms in total. The fourth-order valence-corrected chi connectivity index (χ4v) is 15.7. The molecular weight excluding hydrogens is 841 g/mol. The van der Waals surface area contributed by atoms with Gasteiger partial charge in [0, 0.05) is 38.0 Å². The zero-order valence-corrected chi connectivity index (χ0v) is 39.5. The van der Waals surface area contributed by atoms with Crippen molar-refractivity contribution >= 4 is 46.2 Å². The van der Waals surface area contributed by atoms with E-state index < -0.39 is 19.7 Å². The number of halogens is 2. The second-order valence-corrected chi connectivity index (χ2v) is 23.8. The van der Waals surface area contributed by atoms with Gasteiger partial charge in [-0.3, -0.25) is 9.88 Å². The Balaban J connectivity index is 1.07. The molecule has 0 unspecified atom stereocenters. The van der Waals surface area contributed by atoms with Crippen LogP contribution in [-0.2, 0) is 15.6 Å². The van der Waals surface area contributed by atoms with Crippen LogP contribution in [0.2, 0.25) is 5.04 Å². The maximum atomic E-state index is 17.5. The predicted molar refractivity (Wildman–Crippen MR) is 255 cm³/mol. The highest BCUT2D eigenvalue weighted by molar-refractivity contribution is 6.99. The zero-order chi connectivity index (χ0) is 45.6. The van der Waals surface area contributed by atoms with Gasteiger partial charge in [0.2, 0.25) is 0 Å². The molecule has 13 heteroatoms. The summed E-state index contributed by atoms with van der Waals surface area (Å²) in [6.45, 7) is 13.4. The fourth-order valence-electron chi connectivity index (χ4n) is 11.1. The molecular formula is C52H61F2N5O5Si. The largest absolute Gasteiger partial charge is 0.468 e. The number of aliphatic hydroxyl groups is 1. The Bertz CT molecular complexity index is 2630. The number of pyridine rings is 1. The lowest BCUT2D eigenvalue weighted by molar-refractivity contribution is 0.0446. The molecule has 0 saturated carbocycles. The van der Waals surface area contributed by atoms with Crippen molar-refractivity contribution in [1.29, 1.82) is 0 Å². The zero-order valence-electron chi connectivity index (χ0n) is 38.5. The Labute approximate surface area is 382 Å². The van der Waals surface area contributed by atoms with Gasteiger partial charge < -0.3 is 28.6 Å². The third kappa shape index (κ3) is 8.39. The van der Waals surface area contributed by atoms with Crippen LogP contribution in [0.4, 0.5) is 14.6 Å². The Hall–Kier alpha value is -5.05. The van der Waals surface area contributed by atoms with Gasteiger partial charge in [-0.25, -0.2) is 8.78 Å². The number of fused-ring (bicyclic) bond motifs is 3. The highest BCUT2D eigenvalue weighted by atomic mass is 28.4. The Kier molecular flexibility index (Phi) is 12.5. The molecule has 6 aromatic rings. The molecule has 5 heterocycles. The van der Waals surface area contributed by atoms with Crippen molar-refractivity contribution < 1.29 is 32.5 Å². The normalized spacial score (nSPS) is 21.6. The van der Waals surface area contributed by atoms with Gasteiger partial charge in [-0.05, 0) is 108 Å². The van der Waals surface area contributed by atoms with E-state index in [0.717, 1.165) is 38.6 Å². The lowest BCUT2D eigenvalue weighted by Gasteiger charge is -2.44. The Morgan fingerprint density at radius 3 is 2.29 bits per heavy atom. The van der Waals surface area contributed by atoms with Gasteiger partial charge in [0.15, 0.2) is 12.6 Å². The van der Waals surface area contributed by atoms with Gasteiger partial charge in [0.25, 0.3) is 8.32 Å². The summed E-state index contributed by atoms with van der Waals surface area (Å²) in [5.41, 5.74) is -0.361. The van der Waals surface area contributed by atoms with Crippen molar-refractivity contribution in [3.63, 3.8) is 0 Å². The first-order valence-corrected chi connectivity index (χ1v) is 25.0. The molecule has 1 N–H and O–H groups in total. The molecule has 3 atom stereocenters. The van der Waals surface area contributed by atoms with E-state index in [0.29, 0.717) is 78.0 Å². The van der Waals surface area contributed by atoms with Crippen LogP contribution in [0.3, 0.4) is 0 Å². The third-order valence-electron chi connectivity index (χ3n) is 14.1. The second-order valence-electron chi connectivity index (χ2n) is 19.5. The predicted octanol–water partition coefficient (Wildman–Crippen LogP) is 8.97. The average Bonchev–Trinajstić information content (AvgIpc) is 3.87. The minimum absolute atomic E-state index is 0.00647. The maximum absolute atomic E-state index is 17.5. The van der Waals surface area contributed by atoms with E-state index in [1.54, 1.807) is 24.4 Å². The van der Waals surface area contributed by atoms with E-state index in [1.807, 2.05) is 18.7 Å². The smallest absolute Gasteiger partial charge is 0.319 e. The average molecular weight is 902 g/mol. The van der Waals surface area contributed by atoms with Crippen molar-refractivity contribution in [2.75, 3.05) is 51.7 Å². The minimum Gasteiger partial charge on any atom is -0.468 e. The highest BCUT2D eigenvalue weighted by Gasteiger charge is 2.54. The SMILES string of the molecule is CCc1c(F)ccc2cc(OCOC)cc(-c3ncc4c(N5CCC[C@@](C)(O)C5)nc(OC[C@]56CCCN5[C@H](CO[Si](c5ccccc5)(c5ccccc5)C(C)(C)C)CC6)nc4c3F)c12. The van der Waals surface area contributed by atoms with Gasteiger partial charge in [0.05, 0.1) is 23.1 Å². The molecule has 3 saturated heterocycles. The Morgan fingerprint density at radius 2 is 1.62 bits per heavy atom. The first-order chi connectivity index (χ1) is 31.3. The molecule has 342 valence electrons. The summed E-state index contributed by atoms with van der Waals surface area (Å²) in [6.07, 6.45) is 7.18. The number of nitrogens with zero attached hydrogens (tertiary/aromatic N) is 5. The van der Waals surface area contributed by atoms with Gasteiger partial charge in [0.1, 0.15) is 35.2 Å². The van der Waals surface area contributed by atoms with Crippen LogP contribution >= 0.6 is 0 Å². The third-order valence-corrected chi connectivity index (χ3v) is 19.1. The second kappa shape index (κ2) is 18.0. The molecule has 3 aliphatic heterocycles. The quantitative estimate of drug-likeness (QED) is 0.0843. The molecule has 65 heavy (non-hydrogen) atoms. The van der Waals surface area contributed by atoms with E-state index in [2.05, 4.69) is 86.3 Å². The lowest BCUT2D eigenvalue weighted by atomic mass is 9.94. The summed E-state index contributed by atoms with van der Waals surface area (Å²) in [5.74, 6) is -0.179. The van der Waals surface area contributed by atoms with Crippen molar-refractivity contribution in [3.05, 3.63) is 108 Å². The fraction of sp³-hybridized carbons (Fsp3) is 0.442. The van der Waals surface area contributed by atoms with Crippen molar-refractivity contribution in [2.24, 2.45) is 0 Å². The molecule has 0 bridgehead atoms. The standard InChI is InChI=1S/C52H61F2N5O5Si/c1-7-40-43(53)21-20-35-28-37(63-34-61-6)29-41(44(35)40)46-45(54)47-42(30-55-46)48(58-26-14-23-51(5,60)32-58)57-49(56-47)62-33-52-24-15-27-59(52)36(22-25-52)31-64-65(50(2,3)4,38-16-10-8-11-17-38)39-18-12-9-13-19-39/h8-13,16-21,28-30,36,60H,7,14-15,22-27,31-34H2,1-6H3/t36-,51+,52+/m0/s1. The number of hydrogen-bond donors (Lipinski definition) is 1. The van der Waals surface area contributed by atoms with Crippen LogP contribution in [0.5, 0.6) is 11.8 Å². The van der Waals surface area contributed by atoms with E-state index in [9.17, 15) is 5.11 Å². The topological polar surface area (TPSA) is 102 Å². The summed E-state index contributed by atoms with van der Waals surface area (Å²) < 4.78 is 58.2. The monoisotopic (exact) mass is 901 g/mol. The van der Waals surface area contributed by atoms with E-state index in [4.69, 9.17) is 33.6 Å². The molecule has 0 radical (unpaired) electrons. The highest BCUT2D eigenvalue weighted by Crippen LogP contribution is 2.45. The summed E-state index contributed by atoms with van der Waals surface area (Å²) in [7, 11) is -1.23. The number of aryl methyl sites for hydroxylation is 1. The molecule has 0 amide bonds. The van der Waals surface area contributed by atoms with Crippen LogP contribution in [0.1, 0.15) is 78.7 Å². The summed E-state index contributed by atoms with van der Waals surface area (Å²) in [4.78, 5) is 19.1. The number of anilines is 1. The molecule has 9 rings (SSSR count). The molecule has 0 spiro atoms. The molecule has 3 fully saturated rings. The van der Waals surface area contributed by atoms with Crippen LogP contribution in [0.25, 0.3) is 32.9 Å². The van der Waals surface area contributed by atoms with Crippen LogP contribution in [-0.4, -0.2) is 97.2 Å². The van der Waals surface area contributed by atoms with Gasteiger partial charge in [-0.2, -0.15) is 9.97 Å². The number of methoxy groups -OCH3 is 1. The number of rotatable bonds is 14. The Morgan fingerprint density at radius 1 is 0.892 bits per heavy atom. The number of β-amino-alcohol motifs (C(OH)–C–C–N with tert-alkyl or cyclic N) is 1. The first kappa shape index (κ1) is 45.1. The van der Waals surface area contributed by atoms with Crippen LogP contribution in [0.15, 0.2) is 91.1 Å². The van der Waals surface area contributed by atoms with Crippen LogP contribution < -0.4 is 24.7 Å². The number of piperidine rings is 1. The minimum atomic E-state index is -2.76. The summed E-state index contributed by atoms with van der Waals surface area (Å²) >= 11 is 0. The van der Waals surface area contributed by atoms with E-state index in [-0.39, 0.29) is 46.5 Å². The van der Waals surface area contributed by atoms with Gasteiger partial charge >= 0.3 is 6.01 Å². The van der Waals surface area contributed by atoms with Gasteiger partial charge in [-0.1, -0.05) is 94.4 Å². The van der Waals surface area contributed by atoms with Gasteiger partial charge in [-0.15, -0.1) is 0 Å². The molecule has 3 aliphatic rings. The summed E-state index contributed by atoms with van der Waals surface area (Å²) in [5, 5.41) is 15.2. The summed E-state index contributed by atoms with van der Waals surface area (Å²) in [6, 6.07) is 28.4.